The van der Waals surface area contributed by atoms with Crippen LogP contribution in [0.4, 0.5) is 0 Å². The maximum Gasteiger partial charge on any atom is 0.230 e. The summed E-state index contributed by atoms with van der Waals surface area (Å²) in [5, 5.41) is 2.95. The topological polar surface area (TPSA) is 55.4 Å². The molecule has 0 spiro atoms. The molecule has 0 rings (SSSR count). The van der Waals surface area contributed by atoms with Crippen molar-refractivity contribution in [2.75, 3.05) is 25.1 Å². The van der Waals surface area contributed by atoms with Crippen molar-refractivity contribution in [1.29, 1.82) is 0 Å². The van der Waals surface area contributed by atoms with Crippen LogP contribution in [-0.4, -0.2) is 36.8 Å². The fraction of sp³-hybridized carbons (Fsp3) is 0.778. The second kappa shape index (κ2) is 9.15. The van der Waals surface area contributed by atoms with Gasteiger partial charge in [0.15, 0.2) is 0 Å². The van der Waals surface area contributed by atoms with Gasteiger partial charge in [0.2, 0.25) is 5.91 Å². The molecule has 0 bridgehead atoms. The molecule has 0 radical (unpaired) electrons. The van der Waals surface area contributed by atoms with Gasteiger partial charge in [-0.2, -0.15) is 0 Å². The number of nitrogens with one attached hydrogen (secondary N) is 1. The molecule has 0 aromatic carbocycles. The first-order chi connectivity index (χ1) is 6.70. The predicted molar refractivity (Wildman–Crippen MR) is 57.5 cm³/mol. The standard InChI is InChI=1S/C9H16BrNO3/c1-2-8(12)3-5-14-6-4-11-9(13)7-10/h2-7H2,1H3,(H,11,13). The van der Waals surface area contributed by atoms with Crippen LogP contribution in [0.25, 0.3) is 0 Å². The number of amides is 1. The molecule has 0 aliphatic heterocycles. The summed E-state index contributed by atoms with van der Waals surface area (Å²) in [5.74, 6) is 0.146. The van der Waals surface area contributed by atoms with E-state index in [-0.39, 0.29) is 11.7 Å². The fourth-order valence-corrected chi connectivity index (χ4v) is 0.973. The number of carbonyl (C=O) groups excluding carboxylic acids is 2. The summed E-state index contributed by atoms with van der Waals surface area (Å²) in [5.41, 5.74) is 0. The Morgan fingerprint density at radius 1 is 1.36 bits per heavy atom. The van der Waals surface area contributed by atoms with Gasteiger partial charge in [0.05, 0.1) is 18.5 Å². The van der Waals surface area contributed by atoms with Gasteiger partial charge >= 0.3 is 0 Å². The van der Waals surface area contributed by atoms with Gasteiger partial charge < -0.3 is 10.1 Å². The van der Waals surface area contributed by atoms with Crippen molar-refractivity contribution in [2.45, 2.75) is 19.8 Å². The van der Waals surface area contributed by atoms with E-state index in [9.17, 15) is 9.59 Å². The number of alkyl halides is 1. The lowest BCUT2D eigenvalue weighted by Gasteiger charge is -2.04. The molecular weight excluding hydrogens is 250 g/mol. The molecule has 14 heavy (non-hydrogen) atoms. The average Bonchev–Trinajstić information content (AvgIpc) is 2.22. The average molecular weight is 266 g/mol. The number of rotatable bonds is 8. The molecule has 0 fully saturated rings. The molecule has 1 amide bonds. The van der Waals surface area contributed by atoms with E-state index in [1.807, 2.05) is 6.92 Å². The van der Waals surface area contributed by atoms with E-state index in [4.69, 9.17) is 4.74 Å². The van der Waals surface area contributed by atoms with Crippen LogP contribution in [0.2, 0.25) is 0 Å². The second-order valence-corrected chi connectivity index (χ2v) is 3.30. The minimum absolute atomic E-state index is 0.0572. The Kier molecular flexibility index (Phi) is 8.87. The Bertz CT molecular complexity index is 165. The van der Waals surface area contributed by atoms with Gasteiger partial charge in [0.25, 0.3) is 0 Å². The van der Waals surface area contributed by atoms with E-state index >= 15 is 0 Å². The van der Waals surface area contributed by atoms with E-state index < -0.39 is 0 Å². The monoisotopic (exact) mass is 265 g/mol. The first-order valence-electron chi connectivity index (χ1n) is 4.62. The van der Waals surface area contributed by atoms with Gasteiger partial charge in [-0.05, 0) is 0 Å². The van der Waals surface area contributed by atoms with Crippen molar-refractivity contribution in [2.24, 2.45) is 0 Å². The minimum atomic E-state index is -0.0572. The highest BCUT2D eigenvalue weighted by Crippen LogP contribution is 1.89. The molecule has 5 heteroatoms. The molecule has 0 aliphatic rings. The van der Waals surface area contributed by atoms with Gasteiger partial charge in [0.1, 0.15) is 5.78 Å². The summed E-state index contributed by atoms with van der Waals surface area (Å²) in [4.78, 5) is 21.6. The van der Waals surface area contributed by atoms with Crippen LogP contribution in [0.3, 0.4) is 0 Å². The van der Waals surface area contributed by atoms with Crippen LogP contribution < -0.4 is 5.32 Å². The largest absolute Gasteiger partial charge is 0.379 e. The van der Waals surface area contributed by atoms with Gasteiger partial charge in [0, 0.05) is 19.4 Å². The molecule has 0 aromatic rings. The highest BCUT2D eigenvalue weighted by atomic mass is 79.9. The molecule has 0 unspecified atom stereocenters. The maximum absolute atomic E-state index is 10.8. The Morgan fingerprint density at radius 3 is 2.64 bits per heavy atom. The fourth-order valence-electron chi connectivity index (χ4n) is 0.775. The van der Waals surface area contributed by atoms with Gasteiger partial charge in [-0.3, -0.25) is 9.59 Å². The number of Topliss-reactive ketones (excluding diaryl/α,β-unsaturated/α-hetero) is 1. The van der Waals surface area contributed by atoms with Gasteiger partial charge in [-0.15, -0.1) is 0 Å². The molecule has 82 valence electrons. The molecule has 1 N–H and O–H groups in total. The Labute approximate surface area is 92.5 Å². The van der Waals surface area contributed by atoms with E-state index in [1.54, 1.807) is 0 Å². The van der Waals surface area contributed by atoms with Crippen LogP contribution in [0.1, 0.15) is 19.8 Å². The lowest BCUT2D eigenvalue weighted by Crippen LogP contribution is -2.28. The molecule has 0 aromatic heterocycles. The summed E-state index contributed by atoms with van der Waals surface area (Å²) < 4.78 is 5.15. The third-order valence-electron chi connectivity index (χ3n) is 1.61. The van der Waals surface area contributed by atoms with Crippen LogP contribution in [-0.2, 0) is 14.3 Å². The molecule has 0 aliphatic carbocycles. The first kappa shape index (κ1) is 13.6. The summed E-state index contributed by atoms with van der Waals surface area (Å²) >= 11 is 3.03. The third-order valence-corrected chi connectivity index (χ3v) is 2.12. The number of ketones is 1. The molecule has 0 heterocycles. The molecule has 0 saturated heterocycles. The Morgan fingerprint density at radius 2 is 2.07 bits per heavy atom. The highest BCUT2D eigenvalue weighted by Gasteiger charge is 1.98. The zero-order valence-corrected chi connectivity index (χ0v) is 9.93. The van der Waals surface area contributed by atoms with E-state index in [2.05, 4.69) is 21.2 Å². The lowest BCUT2D eigenvalue weighted by atomic mass is 10.2. The van der Waals surface area contributed by atoms with Gasteiger partial charge in [-0.25, -0.2) is 0 Å². The summed E-state index contributed by atoms with van der Waals surface area (Å²) in [6.07, 6.45) is 1.02. The molecule has 0 saturated carbocycles. The van der Waals surface area contributed by atoms with Crippen molar-refractivity contribution in [3.8, 4) is 0 Å². The zero-order valence-electron chi connectivity index (χ0n) is 8.35. The summed E-state index contributed by atoms with van der Waals surface area (Å²) in [7, 11) is 0. The molecular formula is C9H16BrNO3. The Hall–Kier alpha value is -0.420. The SMILES string of the molecule is CCC(=O)CCOCCNC(=O)CBr. The van der Waals surface area contributed by atoms with Crippen molar-refractivity contribution >= 4 is 27.6 Å². The van der Waals surface area contributed by atoms with E-state index in [0.717, 1.165) is 0 Å². The van der Waals surface area contributed by atoms with Gasteiger partial charge in [-0.1, -0.05) is 22.9 Å². The molecule has 4 nitrogen and oxygen atoms in total. The highest BCUT2D eigenvalue weighted by molar-refractivity contribution is 9.09. The first-order valence-corrected chi connectivity index (χ1v) is 5.75. The predicted octanol–water partition coefficient (Wildman–Crippen LogP) is 0.883. The summed E-state index contributed by atoms with van der Waals surface area (Å²) in [6, 6.07) is 0. The van der Waals surface area contributed by atoms with Crippen molar-refractivity contribution in [3.63, 3.8) is 0 Å². The van der Waals surface area contributed by atoms with Crippen molar-refractivity contribution < 1.29 is 14.3 Å². The number of ether oxygens (including phenoxy) is 1. The van der Waals surface area contributed by atoms with E-state index in [0.29, 0.717) is 37.9 Å². The Balaban J connectivity index is 3.14. The van der Waals surface area contributed by atoms with E-state index in [1.165, 1.54) is 0 Å². The zero-order chi connectivity index (χ0) is 10.8. The van der Waals surface area contributed by atoms with Crippen LogP contribution in [0, 0.1) is 0 Å². The number of hydrogen-bond donors (Lipinski definition) is 1. The molecule has 0 atom stereocenters. The van der Waals surface area contributed by atoms with Crippen LogP contribution >= 0.6 is 15.9 Å². The lowest BCUT2D eigenvalue weighted by molar-refractivity contribution is -0.120. The smallest absolute Gasteiger partial charge is 0.230 e. The van der Waals surface area contributed by atoms with Crippen molar-refractivity contribution in [1.82, 2.24) is 5.32 Å². The third kappa shape index (κ3) is 8.19. The van der Waals surface area contributed by atoms with Crippen molar-refractivity contribution in [3.05, 3.63) is 0 Å². The minimum Gasteiger partial charge on any atom is -0.379 e. The quantitative estimate of drug-likeness (QED) is 0.524. The number of halogens is 1. The summed E-state index contributed by atoms with van der Waals surface area (Å²) in [6.45, 7) is 3.22. The maximum atomic E-state index is 10.8. The van der Waals surface area contributed by atoms with Crippen LogP contribution in [0.5, 0.6) is 0 Å². The number of carbonyl (C=O) groups is 2. The second-order valence-electron chi connectivity index (χ2n) is 2.74. The normalized spacial score (nSPS) is 9.86. The van der Waals surface area contributed by atoms with Crippen LogP contribution in [0.15, 0.2) is 0 Å². The number of hydrogen-bond acceptors (Lipinski definition) is 3.